The molecule has 0 fully saturated rings. The van der Waals surface area contributed by atoms with Crippen LogP contribution >= 0.6 is 11.6 Å². The van der Waals surface area contributed by atoms with E-state index in [1.165, 1.54) is 13.0 Å². The molecule has 31 heavy (non-hydrogen) atoms. The van der Waals surface area contributed by atoms with Crippen LogP contribution in [0.15, 0.2) is 72.8 Å². The zero-order valence-electron chi connectivity index (χ0n) is 16.9. The van der Waals surface area contributed by atoms with Crippen molar-refractivity contribution in [3.8, 4) is 5.75 Å². The van der Waals surface area contributed by atoms with E-state index < -0.39 is 11.9 Å². The number of nitrogens with one attached hydrogen (secondary N) is 2. The van der Waals surface area contributed by atoms with E-state index in [2.05, 4.69) is 10.6 Å². The van der Waals surface area contributed by atoms with Crippen LogP contribution in [-0.4, -0.2) is 17.8 Å². The maximum Gasteiger partial charge on any atom is 0.308 e. The number of carbonyl (C=O) groups is 3. The summed E-state index contributed by atoms with van der Waals surface area (Å²) in [7, 11) is 0. The van der Waals surface area contributed by atoms with Crippen LogP contribution in [0.1, 0.15) is 29.3 Å². The highest BCUT2D eigenvalue weighted by Crippen LogP contribution is 2.23. The summed E-state index contributed by atoms with van der Waals surface area (Å²) >= 11 is 5.88. The molecule has 0 unspecified atom stereocenters. The van der Waals surface area contributed by atoms with E-state index in [9.17, 15) is 14.4 Å². The summed E-state index contributed by atoms with van der Waals surface area (Å²) in [4.78, 5) is 36.2. The van der Waals surface area contributed by atoms with Crippen molar-refractivity contribution in [1.82, 2.24) is 0 Å². The highest BCUT2D eigenvalue weighted by molar-refractivity contribution is 6.30. The van der Waals surface area contributed by atoms with E-state index >= 15 is 0 Å². The summed E-state index contributed by atoms with van der Waals surface area (Å²) in [6.07, 6.45) is 0.856. The number of esters is 1. The first-order valence-electron chi connectivity index (χ1n) is 9.64. The molecule has 7 heteroatoms. The minimum absolute atomic E-state index is 0.173. The average Bonchev–Trinajstić information content (AvgIpc) is 2.74. The molecule has 0 spiro atoms. The summed E-state index contributed by atoms with van der Waals surface area (Å²) in [6.45, 7) is 1.29. The zero-order chi connectivity index (χ0) is 22.2. The van der Waals surface area contributed by atoms with Crippen molar-refractivity contribution in [2.45, 2.75) is 19.8 Å². The lowest BCUT2D eigenvalue weighted by Crippen LogP contribution is -2.17. The molecule has 0 bridgehead atoms. The second kappa shape index (κ2) is 10.4. The highest BCUT2D eigenvalue weighted by Gasteiger charge is 2.12. The molecular weight excluding hydrogens is 416 g/mol. The Morgan fingerprint density at radius 3 is 2.23 bits per heavy atom. The molecule has 0 aliphatic carbocycles. The normalized spacial score (nSPS) is 10.3. The second-order valence-electron chi connectivity index (χ2n) is 6.80. The SMILES string of the molecule is CC(=O)Oc1cccc(C(=O)Nc2ccccc2NC(=O)CCc2ccc(Cl)cc2)c1. The number of aryl methyl sites for hydroxylation is 1. The van der Waals surface area contributed by atoms with Gasteiger partial charge in [0, 0.05) is 23.9 Å². The van der Waals surface area contributed by atoms with Gasteiger partial charge in [0.1, 0.15) is 5.75 Å². The summed E-state index contributed by atoms with van der Waals surface area (Å²) in [6, 6.07) is 20.6. The van der Waals surface area contributed by atoms with Crippen LogP contribution in [0.2, 0.25) is 5.02 Å². The largest absolute Gasteiger partial charge is 0.427 e. The molecule has 0 aliphatic rings. The quantitative estimate of drug-likeness (QED) is 0.399. The van der Waals surface area contributed by atoms with E-state index in [1.807, 2.05) is 12.1 Å². The number of hydrogen-bond acceptors (Lipinski definition) is 4. The minimum atomic E-state index is -0.468. The van der Waals surface area contributed by atoms with Gasteiger partial charge in [0.25, 0.3) is 5.91 Å². The van der Waals surface area contributed by atoms with Gasteiger partial charge in [0.15, 0.2) is 0 Å². The van der Waals surface area contributed by atoms with E-state index in [4.69, 9.17) is 16.3 Å². The number of rotatable bonds is 7. The molecule has 0 saturated carbocycles. The predicted molar refractivity (Wildman–Crippen MR) is 121 cm³/mol. The van der Waals surface area contributed by atoms with Gasteiger partial charge >= 0.3 is 5.97 Å². The molecule has 0 aromatic heterocycles. The van der Waals surface area contributed by atoms with Crippen LogP contribution in [0.4, 0.5) is 11.4 Å². The maximum atomic E-state index is 12.7. The van der Waals surface area contributed by atoms with Crippen molar-refractivity contribution >= 4 is 40.8 Å². The summed E-state index contributed by atoms with van der Waals surface area (Å²) in [5, 5.41) is 6.27. The lowest BCUT2D eigenvalue weighted by Gasteiger charge is -2.13. The Bertz CT molecular complexity index is 1100. The topological polar surface area (TPSA) is 84.5 Å². The van der Waals surface area contributed by atoms with Crippen LogP contribution in [0.25, 0.3) is 0 Å². The van der Waals surface area contributed by atoms with Crippen molar-refractivity contribution in [3.63, 3.8) is 0 Å². The number of carbonyl (C=O) groups excluding carboxylic acids is 3. The van der Waals surface area contributed by atoms with Crippen LogP contribution in [0.3, 0.4) is 0 Å². The molecule has 0 aliphatic heterocycles. The van der Waals surface area contributed by atoms with Gasteiger partial charge in [0.2, 0.25) is 5.91 Å². The van der Waals surface area contributed by atoms with E-state index in [0.29, 0.717) is 28.4 Å². The average molecular weight is 437 g/mol. The van der Waals surface area contributed by atoms with E-state index in [0.717, 1.165) is 5.56 Å². The molecule has 0 atom stereocenters. The van der Waals surface area contributed by atoms with Crippen molar-refractivity contribution in [1.29, 1.82) is 0 Å². The fourth-order valence-electron chi connectivity index (χ4n) is 2.88. The summed E-state index contributed by atoms with van der Waals surface area (Å²) < 4.78 is 5.02. The standard InChI is InChI=1S/C24H21ClN2O4/c1-16(28)31-20-6-4-5-18(15-20)24(30)27-22-8-3-2-7-21(22)26-23(29)14-11-17-9-12-19(25)13-10-17/h2-10,12-13,15H,11,14H2,1H3,(H,26,29)(H,27,30). The first kappa shape index (κ1) is 22.1. The molecule has 6 nitrogen and oxygen atoms in total. The van der Waals surface area contributed by atoms with Crippen molar-refractivity contribution in [2.24, 2.45) is 0 Å². The first-order valence-corrected chi connectivity index (χ1v) is 10.0. The first-order chi connectivity index (χ1) is 14.9. The number of amides is 2. The van der Waals surface area contributed by atoms with Gasteiger partial charge in [-0.2, -0.15) is 0 Å². The number of para-hydroxylation sites is 2. The molecule has 3 aromatic carbocycles. The smallest absolute Gasteiger partial charge is 0.308 e. The minimum Gasteiger partial charge on any atom is -0.427 e. The van der Waals surface area contributed by atoms with Gasteiger partial charge in [-0.05, 0) is 54.4 Å². The zero-order valence-corrected chi connectivity index (χ0v) is 17.6. The van der Waals surface area contributed by atoms with Gasteiger partial charge in [-0.25, -0.2) is 0 Å². The number of halogens is 1. The lowest BCUT2D eigenvalue weighted by molar-refractivity contribution is -0.131. The van der Waals surface area contributed by atoms with Crippen LogP contribution in [0, 0.1) is 0 Å². The molecule has 0 heterocycles. The van der Waals surface area contributed by atoms with Gasteiger partial charge < -0.3 is 15.4 Å². The van der Waals surface area contributed by atoms with Gasteiger partial charge in [-0.3, -0.25) is 14.4 Å². The number of anilines is 2. The molecule has 158 valence electrons. The van der Waals surface area contributed by atoms with Crippen molar-refractivity contribution in [2.75, 3.05) is 10.6 Å². The second-order valence-corrected chi connectivity index (χ2v) is 7.23. The van der Waals surface area contributed by atoms with Gasteiger partial charge in [-0.1, -0.05) is 41.9 Å². The fraction of sp³-hybridized carbons (Fsp3) is 0.125. The number of hydrogen-bond donors (Lipinski definition) is 2. The Labute approximate surface area is 185 Å². The maximum absolute atomic E-state index is 12.7. The predicted octanol–water partition coefficient (Wildman–Crippen LogP) is 5.09. The summed E-state index contributed by atoms with van der Waals surface area (Å²) in [5.41, 5.74) is 2.29. The molecule has 3 aromatic rings. The van der Waals surface area contributed by atoms with Crippen molar-refractivity contribution < 1.29 is 19.1 Å². The Morgan fingerprint density at radius 2 is 1.55 bits per heavy atom. The molecule has 2 N–H and O–H groups in total. The molecule has 3 rings (SSSR count). The molecule has 2 amide bonds. The summed E-state index contributed by atoms with van der Waals surface area (Å²) in [5.74, 6) is -0.751. The molecular formula is C24H21ClN2O4. The Morgan fingerprint density at radius 1 is 0.871 bits per heavy atom. The number of benzene rings is 3. The third-order valence-corrected chi connectivity index (χ3v) is 4.61. The van der Waals surface area contributed by atoms with Crippen molar-refractivity contribution in [3.05, 3.63) is 88.9 Å². The third kappa shape index (κ3) is 6.69. The fourth-order valence-corrected chi connectivity index (χ4v) is 3.01. The van der Waals surface area contributed by atoms with Crippen LogP contribution in [0.5, 0.6) is 5.75 Å². The number of ether oxygens (including phenoxy) is 1. The Kier molecular flexibility index (Phi) is 7.40. The van der Waals surface area contributed by atoms with E-state index in [1.54, 1.807) is 54.6 Å². The van der Waals surface area contributed by atoms with Crippen LogP contribution in [-0.2, 0) is 16.0 Å². The monoisotopic (exact) mass is 436 g/mol. The lowest BCUT2D eigenvalue weighted by atomic mass is 10.1. The van der Waals surface area contributed by atoms with Gasteiger partial charge in [0.05, 0.1) is 11.4 Å². The van der Waals surface area contributed by atoms with E-state index in [-0.39, 0.29) is 18.1 Å². The molecule has 0 radical (unpaired) electrons. The Hall–Kier alpha value is -3.64. The Balaban J connectivity index is 1.64. The van der Waals surface area contributed by atoms with Gasteiger partial charge in [-0.15, -0.1) is 0 Å². The third-order valence-electron chi connectivity index (χ3n) is 4.36. The van der Waals surface area contributed by atoms with Crippen LogP contribution < -0.4 is 15.4 Å². The molecule has 0 saturated heterocycles. The highest BCUT2D eigenvalue weighted by atomic mass is 35.5.